The molecule has 0 unspecified atom stereocenters. The molecule has 1 aliphatic rings. The molecule has 0 aliphatic heterocycles. The van der Waals surface area contributed by atoms with E-state index in [1.807, 2.05) is 0 Å². The Hall–Kier alpha value is -0.310. The number of halogens is 1. The van der Waals surface area contributed by atoms with E-state index < -0.39 is 0 Å². The Morgan fingerprint density at radius 2 is 2.23 bits per heavy atom. The fraction of sp³-hybridized carbons (Fsp3) is 0.700. The lowest BCUT2D eigenvalue weighted by atomic mass is 10.2. The molecule has 0 bridgehead atoms. The van der Waals surface area contributed by atoms with Crippen molar-refractivity contribution in [3.63, 3.8) is 0 Å². The van der Waals surface area contributed by atoms with Gasteiger partial charge in [0, 0.05) is 18.7 Å². The maximum atomic E-state index is 4.45. The lowest BCUT2D eigenvalue weighted by Crippen LogP contribution is -2.07. The second-order valence-corrected chi connectivity index (χ2v) is 4.49. The number of aryl methyl sites for hydroxylation is 1. The summed E-state index contributed by atoms with van der Waals surface area (Å²) in [5.41, 5.74) is 0. The molecular weight excluding hydrogens is 228 g/mol. The predicted octanol–water partition coefficient (Wildman–Crippen LogP) is 3.32. The first-order valence-electron chi connectivity index (χ1n) is 5.04. The largest absolute Gasteiger partial charge is 0.331 e. The molecule has 0 N–H and O–H groups in total. The highest BCUT2D eigenvalue weighted by atomic mass is 79.9. The molecule has 13 heavy (non-hydrogen) atoms. The van der Waals surface area contributed by atoms with Gasteiger partial charge in [-0.2, -0.15) is 0 Å². The Kier molecular flexibility index (Phi) is 2.72. The summed E-state index contributed by atoms with van der Waals surface area (Å²) in [6, 6.07) is 0.716. The summed E-state index contributed by atoms with van der Waals surface area (Å²) in [4.78, 5) is 4.45. The smallest absolute Gasteiger partial charge is 0.124 e. The summed E-state index contributed by atoms with van der Waals surface area (Å²) >= 11 is 3.44. The molecule has 3 heteroatoms. The van der Waals surface area contributed by atoms with Crippen LogP contribution in [0.2, 0.25) is 0 Å². The third-order valence-corrected chi connectivity index (χ3v) is 3.20. The summed E-state index contributed by atoms with van der Waals surface area (Å²) in [7, 11) is 0. The number of hydrogen-bond acceptors (Lipinski definition) is 1. The van der Waals surface area contributed by atoms with Crippen LogP contribution < -0.4 is 0 Å². The van der Waals surface area contributed by atoms with Crippen molar-refractivity contribution in [1.29, 1.82) is 0 Å². The van der Waals surface area contributed by atoms with Crippen LogP contribution in [-0.4, -0.2) is 9.55 Å². The first-order valence-corrected chi connectivity index (χ1v) is 5.84. The number of rotatable bonds is 2. The van der Waals surface area contributed by atoms with Crippen molar-refractivity contribution in [3.05, 3.63) is 16.6 Å². The Balaban J connectivity index is 2.26. The topological polar surface area (TPSA) is 17.8 Å². The Morgan fingerprint density at radius 3 is 2.85 bits per heavy atom. The van der Waals surface area contributed by atoms with Gasteiger partial charge in [-0.3, -0.25) is 0 Å². The van der Waals surface area contributed by atoms with Gasteiger partial charge in [0.1, 0.15) is 10.4 Å². The van der Waals surface area contributed by atoms with Gasteiger partial charge in [-0.15, -0.1) is 0 Å². The molecule has 0 amide bonds. The van der Waals surface area contributed by atoms with E-state index in [0.717, 1.165) is 11.0 Å². The van der Waals surface area contributed by atoms with E-state index in [-0.39, 0.29) is 0 Å². The van der Waals surface area contributed by atoms with Gasteiger partial charge in [-0.05, 0) is 28.8 Å². The Labute approximate surface area is 87.5 Å². The minimum Gasteiger partial charge on any atom is -0.331 e. The minimum absolute atomic E-state index is 0.716. The van der Waals surface area contributed by atoms with Crippen LogP contribution in [0.1, 0.15) is 44.5 Å². The minimum atomic E-state index is 0.716. The van der Waals surface area contributed by atoms with Crippen molar-refractivity contribution in [1.82, 2.24) is 9.55 Å². The van der Waals surface area contributed by atoms with E-state index in [2.05, 4.69) is 38.6 Å². The lowest BCUT2D eigenvalue weighted by Gasteiger charge is -2.13. The van der Waals surface area contributed by atoms with E-state index in [9.17, 15) is 0 Å². The van der Waals surface area contributed by atoms with Crippen molar-refractivity contribution in [2.45, 2.75) is 45.1 Å². The van der Waals surface area contributed by atoms with Crippen molar-refractivity contribution in [2.75, 3.05) is 0 Å². The maximum Gasteiger partial charge on any atom is 0.124 e. The van der Waals surface area contributed by atoms with Crippen molar-refractivity contribution >= 4 is 15.9 Å². The molecule has 72 valence electrons. The molecule has 1 fully saturated rings. The molecule has 2 rings (SSSR count). The van der Waals surface area contributed by atoms with E-state index >= 15 is 0 Å². The third-order valence-electron chi connectivity index (χ3n) is 2.81. The van der Waals surface area contributed by atoms with Gasteiger partial charge in [0.2, 0.25) is 0 Å². The Bertz CT molecular complexity index is 287. The second-order valence-electron chi connectivity index (χ2n) is 3.68. The number of aromatic nitrogens is 2. The van der Waals surface area contributed by atoms with E-state index in [1.54, 1.807) is 0 Å². The second kappa shape index (κ2) is 3.82. The first-order chi connectivity index (χ1) is 6.31. The van der Waals surface area contributed by atoms with Gasteiger partial charge in [-0.1, -0.05) is 19.8 Å². The zero-order valence-corrected chi connectivity index (χ0v) is 9.55. The fourth-order valence-corrected chi connectivity index (χ4v) is 2.58. The fourth-order valence-electron chi connectivity index (χ4n) is 2.16. The zero-order chi connectivity index (χ0) is 9.26. The first kappa shape index (κ1) is 9.25. The Morgan fingerprint density at radius 1 is 1.54 bits per heavy atom. The van der Waals surface area contributed by atoms with Gasteiger partial charge in [0.15, 0.2) is 0 Å². The molecule has 1 aromatic rings. The molecule has 2 nitrogen and oxygen atoms in total. The van der Waals surface area contributed by atoms with Crippen molar-refractivity contribution in [3.8, 4) is 0 Å². The quantitative estimate of drug-likeness (QED) is 0.779. The van der Waals surface area contributed by atoms with Crippen LogP contribution in [0.4, 0.5) is 0 Å². The summed E-state index contributed by atoms with van der Waals surface area (Å²) in [5, 5.41) is 0. The average Bonchev–Trinajstić information content (AvgIpc) is 2.71. The molecule has 0 aromatic carbocycles. The number of imidazole rings is 1. The summed E-state index contributed by atoms with van der Waals surface area (Å²) in [5.74, 6) is 1.22. The third kappa shape index (κ3) is 1.80. The molecule has 0 atom stereocenters. The van der Waals surface area contributed by atoms with Crippen LogP contribution in [-0.2, 0) is 6.42 Å². The van der Waals surface area contributed by atoms with Crippen LogP contribution in [0.25, 0.3) is 0 Å². The van der Waals surface area contributed by atoms with Gasteiger partial charge in [0.25, 0.3) is 0 Å². The van der Waals surface area contributed by atoms with Gasteiger partial charge < -0.3 is 4.57 Å². The van der Waals surface area contributed by atoms with E-state index in [1.165, 1.54) is 31.5 Å². The molecule has 1 saturated carbocycles. The SMILES string of the molecule is CCc1nc(Br)cn1C1CCCC1. The van der Waals surface area contributed by atoms with Gasteiger partial charge in [-0.25, -0.2) is 4.98 Å². The van der Waals surface area contributed by atoms with Crippen molar-refractivity contribution < 1.29 is 0 Å². The van der Waals surface area contributed by atoms with Gasteiger partial charge in [0.05, 0.1) is 0 Å². The van der Waals surface area contributed by atoms with Gasteiger partial charge >= 0.3 is 0 Å². The van der Waals surface area contributed by atoms with Crippen LogP contribution in [0.5, 0.6) is 0 Å². The van der Waals surface area contributed by atoms with Crippen LogP contribution >= 0.6 is 15.9 Å². The van der Waals surface area contributed by atoms with E-state index in [4.69, 9.17) is 0 Å². The molecule has 1 aliphatic carbocycles. The predicted molar refractivity (Wildman–Crippen MR) is 56.8 cm³/mol. The molecule has 0 radical (unpaired) electrons. The average molecular weight is 243 g/mol. The monoisotopic (exact) mass is 242 g/mol. The summed E-state index contributed by atoms with van der Waals surface area (Å²) < 4.78 is 3.34. The molecular formula is C10H15BrN2. The normalized spacial score (nSPS) is 18.3. The highest BCUT2D eigenvalue weighted by molar-refractivity contribution is 9.10. The van der Waals surface area contributed by atoms with Crippen LogP contribution in [0.3, 0.4) is 0 Å². The highest BCUT2D eigenvalue weighted by Crippen LogP contribution is 2.31. The molecule has 0 saturated heterocycles. The number of nitrogens with zero attached hydrogens (tertiary/aromatic N) is 2. The highest BCUT2D eigenvalue weighted by Gasteiger charge is 2.19. The zero-order valence-electron chi connectivity index (χ0n) is 7.96. The lowest BCUT2D eigenvalue weighted by molar-refractivity contribution is 0.499. The molecule has 0 spiro atoms. The van der Waals surface area contributed by atoms with Crippen LogP contribution in [0.15, 0.2) is 10.8 Å². The summed E-state index contributed by atoms with van der Waals surface area (Å²) in [6.07, 6.45) is 8.58. The van der Waals surface area contributed by atoms with Crippen LogP contribution in [0, 0.1) is 0 Å². The van der Waals surface area contributed by atoms with E-state index in [0.29, 0.717) is 6.04 Å². The van der Waals surface area contributed by atoms with Crippen molar-refractivity contribution in [2.24, 2.45) is 0 Å². The molecule has 1 aromatic heterocycles. The standard InChI is InChI=1S/C10H15BrN2/c1-2-10-12-9(11)7-13(10)8-5-3-4-6-8/h7-8H,2-6H2,1H3. The number of hydrogen-bond donors (Lipinski definition) is 0. The molecule has 1 heterocycles. The summed E-state index contributed by atoms with van der Waals surface area (Å²) in [6.45, 7) is 2.17. The maximum absolute atomic E-state index is 4.45.